The Morgan fingerprint density at radius 3 is 0.898 bits per heavy atom. The lowest BCUT2D eigenvalue weighted by atomic mass is 10.2. The van der Waals surface area contributed by atoms with Crippen LogP contribution in [0.1, 0.15) is 116 Å². The number of hydrogen-bond acceptors (Lipinski definition) is 14. The molecule has 20 nitrogen and oxygen atoms in total. The molecule has 1 amide bonds. The van der Waals surface area contributed by atoms with Crippen LogP contribution in [0.15, 0.2) is 10.2 Å². The van der Waals surface area contributed by atoms with E-state index >= 15 is 0 Å². The molecule has 20 heteroatoms. The number of carbonyl (C=O) groups is 6. The van der Waals surface area contributed by atoms with Crippen molar-refractivity contribution in [3.63, 3.8) is 0 Å². The van der Waals surface area contributed by atoms with E-state index in [1.165, 1.54) is 0 Å². The SMILES string of the molecule is C.CC(C)(C)OC(=O)OC(=O)OC(C)(C)C.CC(C)(C)OC(=O)OC(=O)OC(C)(C)C.[N-]=[N+]=NC1(C(=O)O)CC1.[N-]=[N+]=NC1(C(N)=O)CC1. The highest BCUT2D eigenvalue weighted by molar-refractivity contribution is 5.88. The van der Waals surface area contributed by atoms with Crippen LogP contribution in [0.2, 0.25) is 0 Å². The van der Waals surface area contributed by atoms with Gasteiger partial charge in [-0.1, -0.05) is 17.7 Å². The fourth-order valence-electron chi connectivity index (χ4n) is 2.38. The molecule has 2 saturated carbocycles. The van der Waals surface area contributed by atoms with Gasteiger partial charge >= 0.3 is 30.6 Å². The molecule has 2 aliphatic carbocycles. The maximum atomic E-state index is 11.0. The third-order valence-electron chi connectivity index (χ3n) is 4.67. The maximum absolute atomic E-state index is 11.0. The van der Waals surface area contributed by atoms with E-state index in [-0.39, 0.29) is 7.43 Å². The van der Waals surface area contributed by atoms with Crippen molar-refractivity contribution in [2.75, 3.05) is 0 Å². The first-order valence-electron chi connectivity index (χ1n) is 14.3. The predicted molar refractivity (Wildman–Crippen MR) is 173 cm³/mol. The van der Waals surface area contributed by atoms with Gasteiger partial charge < -0.3 is 39.3 Å². The van der Waals surface area contributed by atoms with E-state index in [4.69, 9.17) is 40.8 Å². The molecular formula is C29H51N7O13. The Hall–Kier alpha value is -4.96. The number of carboxylic acids is 1. The smallest absolute Gasteiger partial charge is 0.481 e. The summed E-state index contributed by atoms with van der Waals surface area (Å²) in [5.74, 6) is -1.53. The first kappa shape index (κ1) is 48.4. The van der Waals surface area contributed by atoms with Crippen molar-refractivity contribution in [1.29, 1.82) is 0 Å². The zero-order valence-corrected chi connectivity index (χ0v) is 29.4. The van der Waals surface area contributed by atoms with Gasteiger partial charge in [-0.3, -0.25) is 9.59 Å². The lowest BCUT2D eigenvalue weighted by Gasteiger charge is -2.20. The average Bonchev–Trinajstić information content (AvgIpc) is 3.72. The molecule has 2 fully saturated rings. The van der Waals surface area contributed by atoms with Gasteiger partial charge in [0.1, 0.15) is 33.5 Å². The highest BCUT2D eigenvalue weighted by atomic mass is 16.8. The van der Waals surface area contributed by atoms with Crippen molar-refractivity contribution in [2.45, 2.75) is 150 Å². The molecular weight excluding hydrogens is 654 g/mol. The third kappa shape index (κ3) is 25.8. The quantitative estimate of drug-likeness (QED) is 0.0711. The van der Waals surface area contributed by atoms with Crippen molar-refractivity contribution < 1.29 is 62.3 Å². The Morgan fingerprint density at radius 2 is 0.796 bits per heavy atom. The van der Waals surface area contributed by atoms with Crippen LogP contribution in [-0.2, 0) is 38.0 Å². The molecule has 280 valence electrons. The predicted octanol–water partition coefficient (Wildman–Crippen LogP) is 7.61. The summed E-state index contributed by atoms with van der Waals surface area (Å²) in [5, 5.41) is 14.8. The Morgan fingerprint density at radius 1 is 0.571 bits per heavy atom. The number of nitrogens with zero attached hydrogens (tertiary/aromatic N) is 6. The number of azide groups is 2. The second-order valence-electron chi connectivity index (χ2n) is 14.2. The molecule has 0 saturated heterocycles. The van der Waals surface area contributed by atoms with Gasteiger partial charge in [-0.05, 0) is 120 Å². The van der Waals surface area contributed by atoms with E-state index in [0.29, 0.717) is 25.7 Å². The maximum Gasteiger partial charge on any atom is 0.519 e. The third-order valence-corrected chi connectivity index (χ3v) is 4.67. The highest BCUT2D eigenvalue weighted by Crippen LogP contribution is 2.40. The monoisotopic (exact) mass is 705 g/mol. The Bertz CT molecular complexity index is 1110. The van der Waals surface area contributed by atoms with Gasteiger partial charge in [0.15, 0.2) is 0 Å². The summed E-state index contributed by atoms with van der Waals surface area (Å²) in [6.07, 6.45) is -2.07. The topological polar surface area (TPSA) is 302 Å². The standard InChI is InChI=1S/2C10H18O5.C4H6N4O.C4H5N3O2.CH4/c2*1-9(2,3)14-7(11)13-8(12)15-10(4,5)6;5-3(9)4(1-2-4)7-8-6;5-7-6-4(1-2-4)3(8)9;/h2*1-6H3;1-2H2,(H2,5,9);1-2H2,(H,8,9);1H4. The van der Waals surface area contributed by atoms with Gasteiger partial charge in [0.25, 0.3) is 0 Å². The van der Waals surface area contributed by atoms with E-state index in [9.17, 15) is 28.8 Å². The molecule has 0 spiro atoms. The highest BCUT2D eigenvalue weighted by Gasteiger charge is 2.50. The number of carbonyl (C=O) groups excluding carboxylic acids is 5. The van der Waals surface area contributed by atoms with Gasteiger partial charge in [0.2, 0.25) is 5.91 Å². The van der Waals surface area contributed by atoms with Crippen LogP contribution in [0.25, 0.3) is 20.9 Å². The molecule has 0 bridgehead atoms. The van der Waals surface area contributed by atoms with Gasteiger partial charge in [-0.25, -0.2) is 19.2 Å². The number of rotatable bonds is 4. The van der Waals surface area contributed by atoms with Crippen LogP contribution in [0.3, 0.4) is 0 Å². The van der Waals surface area contributed by atoms with Crippen LogP contribution in [0.4, 0.5) is 19.2 Å². The minimum Gasteiger partial charge on any atom is -0.481 e. The molecule has 0 atom stereocenters. The summed E-state index contributed by atoms with van der Waals surface area (Å²) in [4.78, 5) is 69.6. The molecule has 0 unspecified atom stereocenters. The van der Waals surface area contributed by atoms with Crippen LogP contribution in [0, 0.1) is 0 Å². The summed E-state index contributed by atoms with van der Waals surface area (Å²) in [7, 11) is 0. The first-order chi connectivity index (χ1) is 21.4. The van der Waals surface area contributed by atoms with Gasteiger partial charge in [0.05, 0.1) is 0 Å². The summed E-state index contributed by atoms with van der Waals surface area (Å²) < 4.78 is 27.6. The van der Waals surface area contributed by atoms with E-state index in [1.807, 2.05) is 0 Å². The molecule has 2 rings (SSSR count). The first-order valence-corrected chi connectivity index (χ1v) is 14.3. The molecule has 49 heavy (non-hydrogen) atoms. The summed E-state index contributed by atoms with van der Waals surface area (Å²) in [6.45, 7) is 20.0. The second-order valence-corrected chi connectivity index (χ2v) is 14.2. The minimum absolute atomic E-state index is 0. The number of carboxylic acid groups (broad SMARTS) is 1. The van der Waals surface area contributed by atoms with Crippen LogP contribution in [-0.4, -0.2) is 75.1 Å². The Balaban J connectivity index is -0.000000586. The number of amides is 1. The average molecular weight is 706 g/mol. The number of nitrogens with two attached hydrogens (primary N) is 1. The fraction of sp³-hybridized carbons (Fsp3) is 0.793. The lowest BCUT2D eigenvalue weighted by Crippen LogP contribution is -2.29. The molecule has 2 aliphatic rings. The number of primary amides is 1. The van der Waals surface area contributed by atoms with E-state index in [1.54, 1.807) is 83.1 Å². The summed E-state index contributed by atoms with van der Waals surface area (Å²) >= 11 is 0. The van der Waals surface area contributed by atoms with E-state index in [2.05, 4.69) is 29.5 Å². The van der Waals surface area contributed by atoms with Gasteiger partial charge in [-0.15, -0.1) is 0 Å². The summed E-state index contributed by atoms with van der Waals surface area (Å²) in [6, 6.07) is 0. The normalized spacial score (nSPS) is 14.6. The number of ether oxygens (including phenoxy) is 6. The molecule has 3 N–H and O–H groups in total. The van der Waals surface area contributed by atoms with Crippen molar-refractivity contribution >= 4 is 36.5 Å². The minimum atomic E-state index is -1.07. The van der Waals surface area contributed by atoms with Crippen LogP contribution >= 0.6 is 0 Å². The van der Waals surface area contributed by atoms with Crippen molar-refractivity contribution in [1.82, 2.24) is 0 Å². The molecule has 0 aromatic carbocycles. The van der Waals surface area contributed by atoms with Crippen molar-refractivity contribution in [3.8, 4) is 0 Å². The molecule has 0 aromatic rings. The number of hydrogen-bond donors (Lipinski definition) is 2. The van der Waals surface area contributed by atoms with Crippen molar-refractivity contribution in [2.24, 2.45) is 16.0 Å². The zero-order chi connectivity index (χ0) is 38.4. The molecule has 0 aromatic heterocycles. The van der Waals surface area contributed by atoms with Crippen molar-refractivity contribution in [3.05, 3.63) is 20.9 Å². The van der Waals surface area contributed by atoms with Crippen LogP contribution < -0.4 is 5.73 Å². The fourth-order valence-corrected chi connectivity index (χ4v) is 2.38. The van der Waals surface area contributed by atoms with Gasteiger partial charge in [0, 0.05) is 9.82 Å². The van der Waals surface area contributed by atoms with E-state index < -0.39 is 70.0 Å². The van der Waals surface area contributed by atoms with Crippen LogP contribution in [0.5, 0.6) is 0 Å². The lowest BCUT2D eigenvalue weighted by molar-refractivity contribution is -0.139. The molecule has 0 aliphatic heterocycles. The van der Waals surface area contributed by atoms with Gasteiger partial charge in [-0.2, -0.15) is 0 Å². The number of aliphatic carboxylic acids is 1. The largest absolute Gasteiger partial charge is 0.519 e. The Labute approximate surface area is 285 Å². The second kappa shape index (κ2) is 19.1. The zero-order valence-electron chi connectivity index (χ0n) is 29.4. The van der Waals surface area contributed by atoms with E-state index in [0.717, 1.165) is 0 Å². The summed E-state index contributed by atoms with van der Waals surface area (Å²) in [5.41, 5.74) is 16.0. The molecule has 0 radical (unpaired) electrons. The Kier molecular flexibility index (Phi) is 18.9. The molecule has 0 heterocycles.